The highest BCUT2D eigenvalue weighted by molar-refractivity contribution is 5.91. The number of nitrogens with one attached hydrogen (secondary N) is 2. The molecule has 2 saturated heterocycles. The molecular formula is C16H23N3O2. The van der Waals surface area contributed by atoms with E-state index in [0.29, 0.717) is 17.6 Å². The van der Waals surface area contributed by atoms with Gasteiger partial charge >= 0.3 is 6.03 Å². The Morgan fingerprint density at radius 3 is 2.86 bits per heavy atom. The number of nitrogens with zero attached hydrogens (tertiary/aromatic N) is 1. The SMILES string of the molecule is COc1ccccc1NC(=O)N1CC2CNCC2C1(C)C. The van der Waals surface area contributed by atoms with Crippen molar-refractivity contribution in [1.29, 1.82) is 0 Å². The molecule has 0 spiro atoms. The van der Waals surface area contributed by atoms with Crippen LogP contribution < -0.4 is 15.4 Å². The number of hydrogen-bond donors (Lipinski definition) is 2. The molecule has 1 aromatic carbocycles. The average molecular weight is 289 g/mol. The number of benzene rings is 1. The Hall–Kier alpha value is -1.75. The zero-order valence-electron chi connectivity index (χ0n) is 12.8. The largest absolute Gasteiger partial charge is 0.495 e. The quantitative estimate of drug-likeness (QED) is 0.877. The number of methoxy groups -OCH3 is 1. The van der Waals surface area contributed by atoms with E-state index in [0.717, 1.165) is 25.3 Å². The maximum Gasteiger partial charge on any atom is 0.322 e. The molecule has 0 saturated carbocycles. The molecule has 2 unspecified atom stereocenters. The molecule has 114 valence electrons. The maximum absolute atomic E-state index is 12.7. The van der Waals surface area contributed by atoms with E-state index in [2.05, 4.69) is 24.5 Å². The molecule has 0 aliphatic carbocycles. The first-order valence-corrected chi connectivity index (χ1v) is 7.46. The van der Waals surface area contributed by atoms with Gasteiger partial charge in [-0.15, -0.1) is 0 Å². The van der Waals surface area contributed by atoms with Gasteiger partial charge in [0.05, 0.1) is 12.8 Å². The third-order valence-electron chi connectivity index (χ3n) is 4.95. The second-order valence-electron chi connectivity index (χ2n) is 6.42. The van der Waals surface area contributed by atoms with Crippen LogP contribution in [-0.2, 0) is 0 Å². The lowest BCUT2D eigenvalue weighted by Crippen LogP contribution is -2.49. The third-order valence-corrected chi connectivity index (χ3v) is 4.95. The Labute approximate surface area is 125 Å². The summed E-state index contributed by atoms with van der Waals surface area (Å²) in [6.45, 7) is 7.13. The number of hydrogen-bond acceptors (Lipinski definition) is 3. The molecule has 2 amide bonds. The van der Waals surface area contributed by atoms with Crippen LogP contribution in [-0.4, -0.2) is 43.2 Å². The minimum absolute atomic E-state index is 0.0427. The van der Waals surface area contributed by atoms with Crippen molar-refractivity contribution < 1.29 is 9.53 Å². The van der Waals surface area contributed by atoms with Crippen molar-refractivity contribution in [3.8, 4) is 5.75 Å². The van der Waals surface area contributed by atoms with E-state index in [9.17, 15) is 4.79 Å². The first-order chi connectivity index (χ1) is 10.0. The van der Waals surface area contributed by atoms with E-state index in [1.807, 2.05) is 29.2 Å². The molecule has 0 radical (unpaired) electrons. The van der Waals surface area contributed by atoms with Crippen LogP contribution in [0.4, 0.5) is 10.5 Å². The fourth-order valence-electron chi connectivity index (χ4n) is 3.70. The molecule has 2 N–H and O–H groups in total. The number of fused-ring (bicyclic) bond motifs is 1. The van der Waals surface area contributed by atoms with Crippen LogP contribution in [0.3, 0.4) is 0 Å². The zero-order valence-corrected chi connectivity index (χ0v) is 12.8. The van der Waals surface area contributed by atoms with Crippen molar-refractivity contribution in [3.05, 3.63) is 24.3 Å². The van der Waals surface area contributed by atoms with E-state index in [4.69, 9.17) is 4.74 Å². The van der Waals surface area contributed by atoms with Crippen LogP contribution in [0, 0.1) is 11.8 Å². The van der Waals surface area contributed by atoms with Gasteiger partial charge in [0.1, 0.15) is 5.75 Å². The predicted octanol–water partition coefficient (Wildman–Crippen LogP) is 2.16. The number of rotatable bonds is 2. The van der Waals surface area contributed by atoms with Crippen molar-refractivity contribution in [1.82, 2.24) is 10.2 Å². The van der Waals surface area contributed by atoms with Crippen molar-refractivity contribution in [2.75, 3.05) is 32.1 Å². The highest BCUT2D eigenvalue weighted by atomic mass is 16.5. The number of likely N-dealkylation sites (tertiary alicyclic amines) is 1. The van der Waals surface area contributed by atoms with Crippen LogP contribution in [0.1, 0.15) is 13.8 Å². The summed E-state index contributed by atoms with van der Waals surface area (Å²) in [5.74, 6) is 1.77. The van der Waals surface area contributed by atoms with Gasteiger partial charge in [0.25, 0.3) is 0 Å². The number of anilines is 1. The molecule has 1 aromatic rings. The zero-order chi connectivity index (χ0) is 15.0. The Morgan fingerprint density at radius 2 is 2.14 bits per heavy atom. The van der Waals surface area contributed by atoms with Gasteiger partial charge in [-0.2, -0.15) is 0 Å². The van der Waals surface area contributed by atoms with Crippen LogP contribution in [0.5, 0.6) is 5.75 Å². The monoisotopic (exact) mass is 289 g/mol. The van der Waals surface area contributed by atoms with Crippen molar-refractivity contribution in [2.24, 2.45) is 11.8 Å². The van der Waals surface area contributed by atoms with Gasteiger partial charge in [-0.3, -0.25) is 0 Å². The molecule has 2 atom stereocenters. The van der Waals surface area contributed by atoms with Crippen LogP contribution in [0.2, 0.25) is 0 Å². The first-order valence-electron chi connectivity index (χ1n) is 7.46. The minimum Gasteiger partial charge on any atom is -0.495 e. The summed E-state index contributed by atoms with van der Waals surface area (Å²) < 4.78 is 5.29. The van der Waals surface area contributed by atoms with Crippen molar-refractivity contribution >= 4 is 11.7 Å². The van der Waals surface area contributed by atoms with Gasteiger partial charge in [0, 0.05) is 25.2 Å². The van der Waals surface area contributed by atoms with Gasteiger partial charge in [0.2, 0.25) is 0 Å². The Bertz CT molecular complexity index is 544. The summed E-state index contributed by atoms with van der Waals surface area (Å²) in [5.41, 5.74) is 0.594. The lowest BCUT2D eigenvalue weighted by Gasteiger charge is -2.35. The van der Waals surface area contributed by atoms with Crippen LogP contribution in [0.15, 0.2) is 24.3 Å². The van der Waals surface area contributed by atoms with Gasteiger partial charge in [-0.05, 0) is 37.8 Å². The number of carbonyl (C=O) groups is 1. The molecule has 2 aliphatic rings. The standard InChI is InChI=1S/C16H23N3O2/c1-16(2)12-9-17-8-11(12)10-19(16)15(20)18-13-6-4-5-7-14(13)21-3/h4-7,11-12,17H,8-10H2,1-3H3,(H,18,20). The highest BCUT2D eigenvalue weighted by Crippen LogP contribution is 2.41. The molecule has 0 bridgehead atoms. The van der Waals surface area contributed by atoms with Crippen molar-refractivity contribution in [2.45, 2.75) is 19.4 Å². The second-order valence-corrected chi connectivity index (χ2v) is 6.42. The summed E-state index contributed by atoms with van der Waals surface area (Å²) >= 11 is 0. The van der Waals surface area contributed by atoms with Gasteiger partial charge < -0.3 is 20.3 Å². The molecule has 21 heavy (non-hydrogen) atoms. The fourth-order valence-corrected chi connectivity index (χ4v) is 3.70. The maximum atomic E-state index is 12.7. The van der Waals surface area contributed by atoms with Gasteiger partial charge in [-0.25, -0.2) is 4.79 Å². The summed E-state index contributed by atoms with van der Waals surface area (Å²) in [4.78, 5) is 14.6. The lowest BCUT2D eigenvalue weighted by molar-refractivity contribution is 0.157. The average Bonchev–Trinajstić information content (AvgIpc) is 3.02. The molecule has 3 rings (SSSR count). The van der Waals surface area contributed by atoms with Gasteiger partial charge in [0.15, 0.2) is 0 Å². The van der Waals surface area contributed by atoms with E-state index in [-0.39, 0.29) is 11.6 Å². The third kappa shape index (κ3) is 2.35. The summed E-state index contributed by atoms with van der Waals surface area (Å²) in [6, 6.07) is 7.46. The molecular weight excluding hydrogens is 266 g/mol. The van der Waals surface area contributed by atoms with E-state index < -0.39 is 0 Å². The first kappa shape index (κ1) is 14.2. The van der Waals surface area contributed by atoms with E-state index >= 15 is 0 Å². The number of ether oxygens (including phenoxy) is 1. The Balaban J connectivity index is 1.77. The summed E-state index contributed by atoms with van der Waals surface area (Å²) in [6.07, 6.45) is 0. The summed E-state index contributed by atoms with van der Waals surface area (Å²) in [7, 11) is 1.61. The highest BCUT2D eigenvalue weighted by Gasteiger charge is 2.51. The second kappa shape index (κ2) is 5.22. The van der Waals surface area contributed by atoms with E-state index in [1.165, 1.54) is 0 Å². The molecule has 2 fully saturated rings. The lowest BCUT2D eigenvalue weighted by atomic mass is 9.85. The predicted molar refractivity (Wildman–Crippen MR) is 82.6 cm³/mol. The van der Waals surface area contributed by atoms with Crippen molar-refractivity contribution in [3.63, 3.8) is 0 Å². The molecule has 5 heteroatoms. The van der Waals surface area contributed by atoms with E-state index in [1.54, 1.807) is 7.11 Å². The van der Waals surface area contributed by atoms with Gasteiger partial charge in [-0.1, -0.05) is 12.1 Å². The number of para-hydroxylation sites is 2. The summed E-state index contributed by atoms with van der Waals surface area (Å²) in [5, 5.41) is 6.42. The number of urea groups is 1. The molecule has 2 aliphatic heterocycles. The molecule has 2 heterocycles. The van der Waals surface area contributed by atoms with Crippen LogP contribution in [0.25, 0.3) is 0 Å². The smallest absolute Gasteiger partial charge is 0.322 e. The van der Waals surface area contributed by atoms with Crippen LogP contribution >= 0.6 is 0 Å². The molecule has 5 nitrogen and oxygen atoms in total. The normalized spacial score (nSPS) is 26.5. The Kier molecular flexibility index (Phi) is 3.53. The Morgan fingerprint density at radius 1 is 1.38 bits per heavy atom. The number of amides is 2. The number of carbonyl (C=O) groups excluding carboxylic acids is 1. The fraction of sp³-hybridized carbons (Fsp3) is 0.562. The topological polar surface area (TPSA) is 53.6 Å². The molecule has 0 aromatic heterocycles. The minimum atomic E-state index is -0.125.